The minimum atomic E-state index is -0.203. The Morgan fingerprint density at radius 3 is 2.31 bits per heavy atom. The minimum absolute atomic E-state index is 0. The number of carbonyl (C=O) groups excluding carboxylic acids is 2. The van der Waals surface area contributed by atoms with Gasteiger partial charge in [0.15, 0.2) is 0 Å². The number of rotatable bonds is 8. The summed E-state index contributed by atoms with van der Waals surface area (Å²) in [7, 11) is 3.08. The van der Waals surface area contributed by atoms with Gasteiger partial charge in [0.1, 0.15) is 11.5 Å². The van der Waals surface area contributed by atoms with Gasteiger partial charge in [-0.1, -0.05) is 23.7 Å². The van der Waals surface area contributed by atoms with Crippen molar-refractivity contribution in [2.24, 2.45) is 0 Å². The fourth-order valence-electron chi connectivity index (χ4n) is 3.52. The predicted molar refractivity (Wildman–Crippen MR) is 127 cm³/mol. The van der Waals surface area contributed by atoms with E-state index in [2.05, 4.69) is 5.32 Å². The van der Waals surface area contributed by atoms with Crippen LogP contribution in [0.25, 0.3) is 0 Å². The summed E-state index contributed by atoms with van der Waals surface area (Å²) in [5, 5.41) is 3.84. The van der Waals surface area contributed by atoms with E-state index in [1.54, 1.807) is 43.4 Å². The molecule has 0 aromatic heterocycles. The van der Waals surface area contributed by atoms with Crippen LogP contribution in [0.15, 0.2) is 42.5 Å². The van der Waals surface area contributed by atoms with E-state index in [4.69, 9.17) is 21.1 Å². The molecule has 2 amide bonds. The molecule has 0 bridgehead atoms. The summed E-state index contributed by atoms with van der Waals surface area (Å²) in [4.78, 5) is 29.6. The Bertz CT molecular complexity index is 898. The lowest BCUT2D eigenvalue weighted by molar-refractivity contribution is -0.132. The molecule has 0 radical (unpaired) electrons. The van der Waals surface area contributed by atoms with Crippen molar-refractivity contribution in [2.45, 2.75) is 13.0 Å². The quantitative estimate of drug-likeness (QED) is 0.626. The van der Waals surface area contributed by atoms with Gasteiger partial charge in [0.05, 0.1) is 14.2 Å². The summed E-state index contributed by atoms with van der Waals surface area (Å²) in [6.07, 6.45) is 0.257. The molecule has 9 heteroatoms. The smallest absolute Gasteiger partial charge is 0.254 e. The van der Waals surface area contributed by atoms with Crippen molar-refractivity contribution in [1.29, 1.82) is 0 Å². The number of benzene rings is 2. The Labute approximate surface area is 200 Å². The van der Waals surface area contributed by atoms with Crippen LogP contribution in [0.1, 0.15) is 22.3 Å². The molecule has 0 saturated carbocycles. The Morgan fingerprint density at radius 2 is 1.72 bits per heavy atom. The highest BCUT2D eigenvalue weighted by Gasteiger charge is 2.22. The number of hydrogen-bond acceptors (Lipinski definition) is 5. The SMILES string of the molecule is COc1cc(OC)cc(C(=O)N(CCC(=O)N2CCNCC2)Cc2cccc(Cl)c2)c1.Cl. The molecule has 0 aliphatic carbocycles. The Morgan fingerprint density at radius 1 is 1.06 bits per heavy atom. The van der Waals surface area contributed by atoms with Gasteiger partial charge in [0, 0.05) is 62.3 Å². The first kappa shape index (κ1) is 25.8. The zero-order valence-electron chi connectivity index (χ0n) is 18.3. The number of ether oxygens (including phenoxy) is 2. The van der Waals surface area contributed by atoms with Gasteiger partial charge in [-0.05, 0) is 29.8 Å². The average Bonchev–Trinajstić information content (AvgIpc) is 2.81. The third-order valence-electron chi connectivity index (χ3n) is 5.21. The van der Waals surface area contributed by atoms with Crippen molar-refractivity contribution in [3.63, 3.8) is 0 Å². The van der Waals surface area contributed by atoms with Gasteiger partial charge in [0.2, 0.25) is 5.91 Å². The number of hydrogen-bond donors (Lipinski definition) is 1. The molecule has 1 aliphatic rings. The van der Waals surface area contributed by atoms with Crippen molar-refractivity contribution >= 4 is 35.8 Å². The van der Waals surface area contributed by atoms with Gasteiger partial charge in [-0.25, -0.2) is 0 Å². The molecule has 0 unspecified atom stereocenters. The van der Waals surface area contributed by atoms with Gasteiger partial charge >= 0.3 is 0 Å². The second kappa shape index (κ2) is 12.5. The minimum Gasteiger partial charge on any atom is -0.497 e. The van der Waals surface area contributed by atoms with Crippen LogP contribution in [-0.4, -0.2) is 68.6 Å². The molecule has 174 valence electrons. The topological polar surface area (TPSA) is 71.1 Å². The summed E-state index contributed by atoms with van der Waals surface area (Å²) in [6, 6.07) is 12.4. The largest absolute Gasteiger partial charge is 0.497 e. The van der Waals surface area contributed by atoms with E-state index >= 15 is 0 Å². The average molecular weight is 482 g/mol. The lowest BCUT2D eigenvalue weighted by atomic mass is 10.1. The fourth-order valence-corrected chi connectivity index (χ4v) is 3.74. The van der Waals surface area contributed by atoms with Crippen molar-refractivity contribution in [2.75, 3.05) is 46.9 Å². The number of carbonyl (C=O) groups is 2. The summed E-state index contributed by atoms with van der Waals surface area (Å²) >= 11 is 6.13. The van der Waals surface area contributed by atoms with Crippen LogP contribution in [0.2, 0.25) is 5.02 Å². The summed E-state index contributed by atoms with van der Waals surface area (Å²) in [5.74, 6) is 0.906. The second-order valence-corrected chi connectivity index (χ2v) is 7.78. The predicted octanol–water partition coefficient (Wildman–Crippen LogP) is 3.24. The molecule has 0 spiro atoms. The molecule has 1 fully saturated rings. The summed E-state index contributed by atoms with van der Waals surface area (Å²) < 4.78 is 10.6. The van der Waals surface area contributed by atoms with Crippen molar-refractivity contribution in [1.82, 2.24) is 15.1 Å². The molecule has 1 heterocycles. The van der Waals surface area contributed by atoms with Gasteiger partial charge in [-0.2, -0.15) is 0 Å². The molecule has 7 nitrogen and oxygen atoms in total. The molecule has 1 aliphatic heterocycles. The van der Waals surface area contributed by atoms with E-state index in [-0.39, 0.29) is 30.6 Å². The molecule has 3 rings (SSSR count). The maximum absolute atomic E-state index is 13.4. The van der Waals surface area contributed by atoms with Crippen LogP contribution in [0, 0.1) is 0 Å². The molecule has 2 aromatic carbocycles. The molecule has 0 atom stereocenters. The van der Waals surface area contributed by atoms with E-state index < -0.39 is 0 Å². The van der Waals surface area contributed by atoms with Crippen molar-refractivity contribution in [3.05, 3.63) is 58.6 Å². The molecular formula is C23H29Cl2N3O4. The van der Waals surface area contributed by atoms with Crippen molar-refractivity contribution < 1.29 is 19.1 Å². The lowest BCUT2D eigenvalue weighted by Crippen LogP contribution is -2.47. The Hall–Kier alpha value is -2.48. The highest BCUT2D eigenvalue weighted by atomic mass is 35.5. The Balaban J connectivity index is 0.00000363. The fraction of sp³-hybridized carbons (Fsp3) is 0.391. The summed E-state index contributed by atoms with van der Waals surface area (Å²) in [5.41, 5.74) is 1.33. The van der Waals surface area contributed by atoms with Gasteiger partial charge in [-0.3, -0.25) is 9.59 Å². The molecule has 1 N–H and O–H groups in total. The number of halogens is 2. The van der Waals surface area contributed by atoms with E-state index in [1.807, 2.05) is 23.1 Å². The first-order valence-electron chi connectivity index (χ1n) is 10.3. The molecule has 1 saturated heterocycles. The molecular weight excluding hydrogens is 453 g/mol. The van der Waals surface area contributed by atoms with Gasteiger partial charge in [0.25, 0.3) is 5.91 Å². The van der Waals surface area contributed by atoms with E-state index in [0.29, 0.717) is 48.3 Å². The number of amides is 2. The highest BCUT2D eigenvalue weighted by Crippen LogP contribution is 2.24. The van der Waals surface area contributed by atoms with Crippen LogP contribution < -0.4 is 14.8 Å². The maximum atomic E-state index is 13.4. The van der Waals surface area contributed by atoms with Crippen LogP contribution >= 0.6 is 24.0 Å². The molecule has 2 aromatic rings. The molecule has 32 heavy (non-hydrogen) atoms. The monoisotopic (exact) mass is 481 g/mol. The van der Waals surface area contributed by atoms with Gasteiger partial charge < -0.3 is 24.6 Å². The zero-order valence-corrected chi connectivity index (χ0v) is 19.9. The normalized spacial score (nSPS) is 13.2. The number of piperazine rings is 1. The third-order valence-corrected chi connectivity index (χ3v) is 5.45. The number of nitrogens with one attached hydrogen (secondary N) is 1. The maximum Gasteiger partial charge on any atom is 0.254 e. The first-order chi connectivity index (χ1) is 15.0. The van der Waals surface area contributed by atoms with Crippen LogP contribution in [0.4, 0.5) is 0 Å². The first-order valence-corrected chi connectivity index (χ1v) is 10.6. The second-order valence-electron chi connectivity index (χ2n) is 7.34. The summed E-state index contributed by atoms with van der Waals surface area (Å²) in [6.45, 7) is 3.60. The Kier molecular flexibility index (Phi) is 10.1. The van der Waals surface area contributed by atoms with E-state index in [0.717, 1.165) is 18.7 Å². The van der Waals surface area contributed by atoms with Crippen LogP contribution in [0.5, 0.6) is 11.5 Å². The van der Waals surface area contributed by atoms with Crippen LogP contribution in [-0.2, 0) is 11.3 Å². The standard InChI is InChI=1S/C23H28ClN3O4.ClH/c1-30-20-13-18(14-21(15-20)31-2)23(29)27(16-17-4-3-5-19(24)12-17)9-6-22(28)26-10-7-25-8-11-26;/h3-5,12-15,25H,6-11,16H2,1-2H3;1H. The van der Waals surface area contributed by atoms with E-state index in [1.165, 1.54) is 0 Å². The third kappa shape index (κ3) is 7.02. The van der Waals surface area contributed by atoms with Crippen molar-refractivity contribution in [3.8, 4) is 11.5 Å². The van der Waals surface area contributed by atoms with Crippen LogP contribution in [0.3, 0.4) is 0 Å². The lowest BCUT2D eigenvalue weighted by Gasteiger charge is -2.29. The zero-order chi connectivity index (χ0) is 22.2. The highest BCUT2D eigenvalue weighted by molar-refractivity contribution is 6.30. The number of methoxy groups -OCH3 is 2. The van der Waals surface area contributed by atoms with Gasteiger partial charge in [-0.15, -0.1) is 12.4 Å². The number of nitrogens with zero attached hydrogens (tertiary/aromatic N) is 2. The van der Waals surface area contributed by atoms with E-state index in [9.17, 15) is 9.59 Å².